The molecule has 2 aromatic rings. The van der Waals surface area contributed by atoms with Gasteiger partial charge in [0.2, 0.25) is 0 Å². The van der Waals surface area contributed by atoms with Gasteiger partial charge in [-0.25, -0.2) is 4.79 Å². The van der Waals surface area contributed by atoms with Gasteiger partial charge in [-0.3, -0.25) is 9.48 Å². The molecule has 0 aliphatic carbocycles. The number of halogens is 6. The summed E-state index contributed by atoms with van der Waals surface area (Å²) in [6.07, 6.45) is -10.4. The minimum atomic E-state index is -5.01. The van der Waals surface area contributed by atoms with Crippen molar-refractivity contribution in [2.45, 2.75) is 51.0 Å². The molecule has 3 heterocycles. The Morgan fingerprint density at radius 3 is 2.11 bits per heavy atom. The van der Waals surface area contributed by atoms with Crippen molar-refractivity contribution in [2.75, 3.05) is 19.6 Å². The quantitative estimate of drug-likeness (QED) is 0.625. The summed E-state index contributed by atoms with van der Waals surface area (Å²) in [5, 5.41) is 13.9. The van der Waals surface area contributed by atoms with E-state index in [0.29, 0.717) is 43.8 Å². The largest absolute Gasteiger partial charge is 0.445 e. The zero-order valence-corrected chi connectivity index (χ0v) is 18.8. The molecule has 1 N–H and O–H groups in total. The number of hydrogen-bond acceptors (Lipinski definition) is 5. The van der Waals surface area contributed by atoms with E-state index >= 15 is 0 Å². The number of amides is 2. The Labute approximate surface area is 201 Å². The molecule has 0 bridgehead atoms. The Morgan fingerprint density at radius 2 is 1.53 bits per heavy atom. The topological polar surface area (TPSA) is 87.9 Å². The standard InChI is InChI=1S/C22H22F6N4O4/c23-21(24,25)14-7-13(8-15(9-14)22(26,27)28)12-36-20(35)31-5-6-32-16(11-31)10-18(29-32)19(34)30-3-1-17(33)2-4-30/h7-10,17,33H,1-6,11-12H2. The lowest BCUT2D eigenvalue weighted by Crippen LogP contribution is -2.40. The maximum absolute atomic E-state index is 13.0. The number of carbonyl (C=O) groups is 2. The van der Waals surface area contributed by atoms with Crippen molar-refractivity contribution in [3.63, 3.8) is 0 Å². The predicted molar refractivity (Wildman–Crippen MR) is 110 cm³/mol. The summed E-state index contributed by atoms with van der Waals surface area (Å²) in [5.41, 5.74) is -2.74. The molecule has 14 heteroatoms. The average molecular weight is 520 g/mol. The van der Waals surface area contributed by atoms with E-state index in [1.807, 2.05) is 0 Å². The van der Waals surface area contributed by atoms with Crippen LogP contribution < -0.4 is 0 Å². The third-order valence-corrected chi connectivity index (χ3v) is 6.04. The van der Waals surface area contributed by atoms with Crippen LogP contribution in [0.4, 0.5) is 31.1 Å². The van der Waals surface area contributed by atoms with E-state index in [1.54, 1.807) is 9.58 Å². The number of aliphatic hydroxyl groups is 1. The first-order valence-corrected chi connectivity index (χ1v) is 11.1. The maximum Gasteiger partial charge on any atom is 0.416 e. The van der Waals surface area contributed by atoms with E-state index in [4.69, 9.17) is 4.74 Å². The number of rotatable bonds is 3. The monoisotopic (exact) mass is 520 g/mol. The van der Waals surface area contributed by atoms with Gasteiger partial charge in [0.15, 0.2) is 5.69 Å². The fraction of sp³-hybridized carbons (Fsp3) is 0.500. The molecule has 1 saturated heterocycles. The zero-order valence-electron chi connectivity index (χ0n) is 18.8. The smallest absolute Gasteiger partial charge is 0.416 e. The van der Waals surface area contributed by atoms with Crippen LogP contribution in [0.15, 0.2) is 24.3 Å². The molecule has 2 aliphatic rings. The summed E-state index contributed by atoms with van der Waals surface area (Å²) in [4.78, 5) is 28.0. The summed E-state index contributed by atoms with van der Waals surface area (Å²) in [6, 6.07) is 2.54. The van der Waals surface area contributed by atoms with E-state index in [2.05, 4.69) is 5.10 Å². The molecule has 1 aromatic heterocycles. The number of ether oxygens (including phenoxy) is 1. The maximum atomic E-state index is 13.0. The second-order valence-corrected chi connectivity index (χ2v) is 8.66. The molecule has 1 fully saturated rings. The van der Waals surface area contributed by atoms with Crippen molar-refractivity contribution in [1.82, 2.24) is 19.6 Å². The molecular weight excluding hydrogens is 498 g/mol. The number of benzene rings is 1. The summed E-state index contributed by atoms with van der Waals surface area (Å²) < 4.78 is 84.7. The van der Waals surface area contributed by atoms with Gasteiger partial charge in [0.25, 0.3) is 5.91 Å². The highest BCUT2D eigenvalue weighted by atomic mass is 19.4. The molecule has 196 valence electrons. The number of carbonyl (C=O) groups excluding carboxylic acids is 2. The molecule has 0 radical (unpaired) electrons. The number of aliphatic hydroxyl groups excluding tert-OH is 1. The van der Waals surface area contributed by atoms with Gasteiger partial charge in [-0.15, -0.1) is 0 Å². The van der Waals surface area contributed by atoms with Crippen LogP contribution in [0.5, 0.6) is 0 Å². The number of alkyl halides is 6. The van der Waals surface area contributed by atoms with E-state index < -0.39 is 47.8 Å². The van der Waals surface area contributed by atoms with Crippen LogP contribution in [0.25, 0.3) is 0 Å². The fourth-order valence-corrected chi connectivity index (χ4v) is 4.10. The van der Waals surface area contributed by atoms with Crippen molar-refractivity contribution < 1.29 is 45.8 Å². The molecule has 0 spiro atoms. The molecule has 1 aromatic carbocycles. The Kier molecular flexibility index (Phi) is 6.90. The van der Waals surface area contributed by atoms with Crippen molar-refractivity contribution in [3.8, 4) is 0 Å². The molecule has 0 atom stereocenters. The molecular formula is C22H22F6N4O4. The van der Waals surface area contributed by atoms with Crippen molar-refractivity contribution in [3.05, 3.63) is 52.3 Å². The highest BCUT2D eigenvalue weighted by Gasteiger charge is 2.37. The van der Waals surface area contributed by atoms with E-state index in [-0.39, 0.29) is 37.3 Å². The Balaban J connectivity index is 1.40. The highest BCUT2D eigenvalue weighted by Crippen LogP contribution is 2.36. The lowest BCUT2D eigenvalue weighted by Gasteiger charge is -2.28. The minimum absolute atomic E-state index is 0.00200. The van der Waals surface area contributed by atoms with Crippen LogP contribution in [0.1, 0.15) is 45.7 Å². The molecule has 0 saturated carbocycles. The molecule has 2 aliphatic heterocycles. The van der Waals surface area contributed by atoms with E-state index in [9.17, 15) is 41.0 Å². The van der Waals surface area contributed by atoms with Gasteiger partial charge in [-0.05, 0) is 42.7 Å². The van der Waals surface area contributed by atoms with Crippen molar-refractivity contribution in [2.24, 2.45) is 0 Å². The Bertz CT molecular complexity index is 1110. The van der Waals surface area contributed by atoms with Crippen LogP contribution >= 0.6 is 0 Å². The average Bonchev–Trinajstić information content (AvgIpc) is 3.24. The first kappa shape index (κ1) is 25.8. The highest BCUT2D eigenvalue weighted by molar-refractivity contribution is 5.92. The van der Waals surface area contributed by atoms with E-state index in [1.165, 1.54) is 11.0 Å². The van der Waals surface area contributed by atoms with Crippen LogP contribution in [0.3, 0.4) is 0 Å². The lowest BCUT2D eigenvalue weighted by molar-refractivity contribution is -0.143. The summed E-state index contributed by atoms with van der Waals surface area (Å²) in [7, 11) is 0. The molecule has 8 nitrogen and oxygen atoms in total. The molecule has 4 rings (SSSR count). The van der Waals surface area contributed by atoms with Crippen molar-refractivity contribution in [1.29, 1.82) is 0 Å². The van der Waals surface area contributed by atoms with Crippen LogP contribution in [-0.4, -0.2) is 62.4 Å². The number of likely N-dealkylation sites (tertiary alicyclic amines) is 1. The van der Waals surface area contributed by atoms with Crippen molar-refractivity contribution >= 4 is 12.0 Å². The van der Waals surface area contributed by atoms with Gasteiger partial charge in [0.1, 0.15) is 6.61 Å². The SMILES string of the molecule is O=C(OCc1cc(C(F)(F)F)cc(C(F)(F)F)c1)N1CCn2nc(C(=O)N3CCC(O)CC3)cc2C1. The van der Waals surface area contributed by atoms with E-state index in [0.717, 1.165) is 0 Å². The second kappa shape index (κ2) is 9.64. The van der Waals surface area contributed by atoms with Gasteiger partial charge in [0, 0.05) is 19.6 Å². The van der Waals surface area contributed by atoms with Crippen LogP contribution in [-0.2, 0) is 36.8 Å². The number of fused-ring (bicyclic) bond motifs is 1. The zero-order chi connectivity index (χ0) is 26.3. The molecule has 2 amide bonds. The first-order valence-electron chi connectivity index (χ1n) is 11.1. The van der Waals surface area contributed by atoms with Gasteiger partial charge in [0.05, 0.1) is 36.0 Å². The van der Waals surface area contributed by atoms with Crippen LogP contribution in [0, 0.1) is 0 Å². The summed E-state index contributed by atoms with van der Waals surface area (Å²) in [5.74, 6) is -0.303. The number of hydrogen-bond donors (Lipinski definition) is 1. The Hall–Kier alpha value is -3.29. The number of aromatic nitrogens is 2. The van der Waals surface area contributed by atoms with Gasteiger partial charge < -0.3 is 19.6 Å². The number of nitrogens with zero attached hydrogens (tertiary/aromatic N) is 4. The van der Waals surface area contributed by atoms with Gasteiger partial charge >= 0.3 is 18.4 Å². The van der Waals surface area contributed by atoms with Gasteiger partial charge in [-0.2, -0.15) is 31.4 Å². The second-order valence-electron chi connectivity index (χ2n) is 8.66. The molecule has 36 heavy (non-hydrogen) atoms. The first-order chi connectivity index (χ1) is 16.8. The molecule has 0 unspecified atom stereocenters. The third-order valence-electron chi connectivity index (χ3n) is 6.04. The third kappa shape index (κ3) is 5.74. The normalized spacial score (nSPS) is 17.2. The van der Waals surface area contributed by atoms with Gasteiger partial charge in [-0.1, -0.05) is 0 Å². The minimum Gasteiger partial charge on any atom is -0.445 e. The summed E-state index contributed by atoms with van der Waals surface area (Å²) in [6.45, 7) is 0.338. The predicted octanol–water partition coefficient (Wildman–Crippen LogP) is 3.67. The fourth-order valence-electron chi connectivity index (χ4n) is 4.10. The summed E-state index contributed by atoms with van der Waals surface area (Å²) >= 11 is 0. The Morgan fingerprint density at radius 1 is 0.917 bits per heavy atom. The number of piperidine rings is 1. The van der Waals surface area contributed by atoms with Crippen LogP contribution in [0.2, 0.25) is 0 Å². The lowest BCUT2D eigenvalue weighted by atomic mass is 10.1.